The molecule has 1 amide bonds. The van der Waals surface area contributed by atoms with Crippen molar-refractivity contribution >= 4 is 5.91 Å². The maximum atomic E-state index is 10.3. The van der Waals surface area contributed by atoms with E-state index in [1.807, 2.05) is 13.8 Å². The molecule has 1 aliphatic rings. The molecular formula is C5H9NO2. The minimum absolute atomic E-state index is 0.286. The third kappa shape index (κ3) is 0.690. The molecule has 8 heavy (non-hydrogen) atoms. The van der Waals surface area contributed by atoms with E-state index in [1.54, 1.807) is 0 Å². The fourth-order valence-corrected chi connectivity index (χ4v) is 0.670. The van der Waals surface area contributed by atoms with Gasteiger partial charge in [0.05, 0.1) is 5.60 Å². The van der Waals surface area contributed by atoms with E-state index in [9.17, 15) is 4.79 Å². The lowest BCUT2D eigenvalue weighted by atomic mass is 10.1. The van der Waals surface area contributed by atoms with Gasteiger partial charge in [0, 0.05) is 0 Å². The summed E-state index contributed by atoms with van der Waals surface area (Å²) in [6, 6.07) is 0. The van der Waals surface area contributed by atoms with E-state index in [0.717, 1.165) is 0 Å². The quantitative estimate of drug-likeness (QED) is 0.475. The van der Waals surface area contributed by atoms with Gasteiger partial charge >= 0.3 is 0 Å². The molecular weight excluding hydrogens is 106 g/mol. The predicted molar refractivity (Wildman–Crippen MR) is 28.1 cm³/mol. The van der Waals surface area contributed by atoms with Crippen LogP contribution in [0.5, 0.6) is 0 Å². The largest absolute Gasteiger partial charge is 0.367 e. The zero-order valence-corrected chi connectivity index (χ0v) is 4.97. The molecule has 0 unspecified atom stereocenters. The molecule has 0 aliphatic carbocycles. The van der Waals surface area contributed by atoms with E-state index in [1.165, 1.54) is 0 Å². The molecule has 0 aromatic rings. The number of carbonyl (C=O) groups excluding carboxylic acids is 1. The van der Waals surface area contributed by atoms with Crippen molar-refractivity contribution in [2.45, 2.75) is 25.6 Å². The molecule has 1 saturated heterocycles. The van der Waals surface area contributed by atoms with Gasteiger partial charge in [0.1, 0.15) is 0 Å². The molecule has 0 saturated carbocycles. The van der Waals surface area contributed by atoms with Crippen LogP contribution in [0, 0.1) is 0 Å². The smallest absolute Gasteiger partial charge is 0.249 e. The van der Waals surface area contributed by atoms with Crippen LogP contribution in [0.4, 0.5) is 0 Å². The molecule has 0 aromatic heterocycles. The average molecular weight is 115 g/mol. The van der Waals surface area contributed by atoms with E-state index in [0.29, 0.717) is 0 Å². The first-order chi connectivity index (χ1) is 3.54. The van der Waals surface area contributed by atoms with Crippen molar-refractivity contribution in [1.29, 1.82) is 0 Å². The number of primary amides is 1. The van der Waals surface area contributed by atoms with Crippen LogP contribution in [0.15, 0.2) is 0 Å². The zero-order chi connectivity index (χ0) is 6.36. The summed E-state index contributed by atoms with van der Waals surface area (Å²) in [6.45, 7) is 3.67. The molecule has 3 nitrogen and oxygen atoms in total. The second-order valence-electron chi connectivity index (χ2n) is 2.50. The minimum atomic E-state index is -0.366. The van der Waals surface area contributed by atoms with Gasteiger partial charge in [0.25, 0.3) is 0 Å². The van der Waals surface area contributed by atoms with Crippen LogP contribution >= 0.6 is 0 Å². The van der Waals surface area contributed by atoms with E-state index >= 15 is 0 Å². The molecule has 0 bridgehead atoms. The third-order valence-corrected chi connectivity index (χ3v) is 1.25. The SMILES string of the molecule is CC1(C)O[C@H]1C(N)=O. The molecule has 1 atom stereocenters. The van der Waals surface area contributed by atoms with Crippen LogP contribution in [0.25, 0.3) is 0 Å². The summed E-state index contributed by atoms with van der Waals surface area (Å²) >= 11 is 0. The van der Waals surface area contributed by atoms with Gasteiger partial charge in [-0.25, -0.2) is 0 Å². The average Bonchev–Trinajstić information content (AvgIpc) is 2.13. The monoisotopic (exact) mass is 115 g/mol. The Balaban J connectivity index is 2.48. The Labute approximate surface area is 47.8 Å². The lowest BCUT2D eigenvalue weighted by molar-refractivity contribution is -0.119. The normalized spacial score (nSPS) is 32.0. The number of hydrogen-bond acceptors (Lipinski definition) is 2. The first-order valence-electron chi connectivity index (χ1n) is 2.51. The van der Waals surface area contributed by atoms with Crippen LogP contribution in [0.1, 0.15) is 13.8 Å². The van der Waals surface area contributed by atoms with Crippen molar-refractivity contribution in [2.24, 2.45) is 5.73 Å². The molecule has 1 fully saturated rings. The van der Waals surface area contributed by atoms with Crippen molar-refractivity contribution in [3.8, 4) is 0 Å². The van der Waals surface area contributed by atoms with E-state index in [2.05, 4.69) is 0 Å². The summed E-state index contributed by atoms with van der Waals surface area (Å²) in [6.07, 6.45) is -0.345. The lowest BCUT2D eigenvalue weighted by Gasteiger charge is -1.87. The number of hydrogen-bond donors (Lipinski definition) is 1. The lowest BCUT2D eigenvalue weighted by Crippen LogP contribution is -2.22. The topological polar surface area (TPSA) is 55.6 Å². The Morgan fingerprint density at radius 3 is 2.12 bits per heavy atom. The van der Waals surface area contributed by atoms with Gasteiger partial charge in [-0.3, -0.25) is 4.79 Å². The van der Waals surface area contributed by atoms with Gasteiger partial charge in [-0.2, -0.15) is 0 Å². The number of rotatable bonds is 1. The zero-order valence-electron chi connectivity index (χ0n) is 4.97. The predicted octanol–water partition coefficient (Wildman–Crippen LogP) is -0.351. The number of epoxide rings is 1. The molecule has 2 N–H and O–H groups in total. The van der Waals surface area contributed by atoms with E-state index in [4.69, 9.17) is 10.5 Å². The molecule has 46 valence electrons. The number of amides is 1. The van der Waals surface area contributed by atoms with Gasteiger partial charge in [0.2, 0.25) is 5.91 Å². The summed E-state index contributed by atoms with van der Waals surface area (Å²) < 4.78 is 4.89. The molecule has 0 aromatic carbocycles. The van der Waals surface area contributed by atoms with Crippen LogP contribution < -0.4 is 5.73 Å². The van der Waals surface area contributed by atoms with Crippen LogP contribution in [-0.4, -0.2) is 17.6 Å². The Morgan fingerprint density at radius 1 is 1.75 bits per heavy atom. The van der Waals surface area contributed by atoms with Gasteiger partial charge in [-0.1, -0.05) is 0 Å². The van der Waals surface area contributed by atoms with Gasteiger partial charge < -0.3 is 10.5 Å². The summed E-state index contributed by atoms with van der Waals surface area (Å²) in [5.74, 6) is -0.366. The minimum Gasteiger partial charge on any atom is -0.367 e. The molecule has 1 aliphatic heterocycles. The summed E-state index contributed by atoms with van der Waals surface area (Å²) in [4.78, 5) is 10.3. The first-order valence-corrected chi connectivity index (χ1v) is 2.51. The van der Waals surface area contributed by atoms with Crippen molar-refractivity contribution in [3.63, 3.8) is 0 Å². The van der Waals surface area contributed by atoms with Gasteiger partial charge in [-0.15, -0.1) is 0 Å². The molecule has 1 heterocycles. The van der Waals surface area contributed by atoms with Crippen molar-refractivity contribution in [3.05, 3.63) is 0 Å². The molecule has 0 radical (unpaired) electrons. The molecule has 0 spiro atoms. The van der Waals surface area contributed by atoms with Crippen molar-refractivity contribution in [1.82, 2.24) is 0 Å². The van der Waals surface area contributed by atoms with Crippen LogP contribution in [-0.2, 0) is 9.53 Å². The summed E-state index contributed by atoms with van der Waals surface area (Å²) in [7, 11) is 0. The highest BCUT2D eigenvalue weighted by Crippen LogP contribution is 2.34. The Hall–Kier alpha value is -0.570. The Bertz CT molecular complexity index is 130. The number of carbonyl (C=O) groups is 1. The number of ether oxygens (including phenoxy) is 1. The molecule has 1 rings (SSSR count). The molecule has 3 heteroatoms. The third-order valence-electron chi connectivity index (χ3n) is 1.25. The Kier molecular flexibility index (Phi) is 0.854. The summed E-state index contributed by atoms with van der Waals surface area (Å²) in [5, 5.41) is 0. The van der Waals surface area contributed by atoms with Crippen molar-refractivity contribution in [2.75, 3.05) is 0 Å². The van der Waals surface area contributed by atoms with Crippen LogP contribution in [0.2, 0.25) is 0 Å². The fraction of sp³-hybridized carbons (Fsp3) is 0.800. The maximum Gasteiger partial charge on any atom is 0.249 e. The van der Waals surface area contributed by atoms with Gasteiger partial charge in [-0.05, 0) is 13.8 Å². The second kappa shape index (κ2) is 1.23. The Morgan fingerprint density at radius 2 is 2.12 bits per heavy atom. The summed E-state index contributed by atoms with van der Waals surface area (Å²) in [5.41, 5.74) is 4.62. The van der Waals surface area contributed by atoms with E-state index in [-0.39, 0.29) is 17.6 Å². The first kappa shape index (κ1) is 5.56. The highest BCUT2D eigenvalue weighted by atomic mass is 16.6. The second-order valence-corrected chi connectivity index (χ2v) is 2.50. The maximum absolute atomic E-state index is 10.3. The van der Waals surface area contributed by atoms with E-state index < -0.39 is 0 Å². The highest BCUT2D eigenvalue weighted by Gasteiger charge is 2.51. The standard InChI is InChI=1S/C5H9NO2/c1-5(2)3(8-5)4(6)7/h3H,1-2H3,(H2,6,7)/t3-/m0/s1. The van der Waals surface area contributed by atoms with Crippen molar-refractivity contribution < 1.29 is 9.53 Å². The highest BCUT2D eigenvalue weighted by molar-refractivity contribution is 5.82. The number of nitrogens with two attached hydrogens (primary N) is 1. The van der Waals surface area contributed by atoms with Crippen LogP contribution in [0.3, 0.4) is 0 Å². The fourth-order valence-electron chi connectivity index (χ4n) is 0.670. The van der Waals surface area contributed by atoms with Gasteiger partial charge in [0.15, 0.2) is 6.10 Å².